The van der Waals surface area contributed by atoms with Crippen LogP contribution < -0.4 is 4.90 Å². The third-order valence-corrected chi connectivity index (χ3v) is 3.44. The Morgan fingerprint density at radius 3 is 2.62 bits per heavy atom. The van der Waals surface area contributed by atoms with Gasteiger partial charge in [0, 0.05) is 24.3 Å². The monoisotopic (exact) mass is 299 g/mol. The normalized spacial score (nSPS) is 15.4. The summed E-state index contributed by atoms with van der Waals surface area (Å²) in [5, 5.41) is 0. The van der Waals surface area contributed by atoms with Gasteiger partial charge in [-0.3, -0.25) is 0 Å². The maximum atomic E-state index is 13.3. The molecule has 0 N–H and O–H groups in total. The van der Waals surface area contributed by atoms with Crippen LogP contribution in [0.2, 0.25) is 0 Å². The van der Waals surface area contributed by atoms with Crippen molar-refractivity contribution in [1.82, 2.24) is 0 Å². The Morgan fingerprint density at radius 1 is 1.38 bits per heavy atom. The van der Waals surface area contributed by atoms with Crippen LogP contribution >= 0.6 is 0 Å². The van der Waals surface area contributed by atoms with Gasteiger partial charge in [-0.2, -0.15) is 0 Å². The number of nitrogens with zero attached hydrogens (tertiary/aromatic N) is 1. The molecule has 1 heterocycles. The molecule has 0 spiro atoms. The molecule has 1 saturated heterocycles. The average molecular weight is 299 g/mol. The van der Waals surface area contributed by atoms with Gasteiger partial charge in [-0.15, -0.1) is 0 Å². The lowest BCUT2D eigenvalue weighted by atomic mass is 10.00. The topological polar surface area (TPSA) is 38.8 Å². The van der Waals surface area contributed by atoms with Gasteiger partial charge in [0.25, 0.3) is 6.43 Å². The van der Waals surface area contributed by atoms with Gasteiger partial charge in [-0.25, -0.2) is 13.6 Å². The number of ether oxygens (including phenoxy) is 2. The third-order valence-electron chi connectivity index (χ3n) is 3.44. The fraction of sp³-hybridized carbons (Fsp3) is 0.533. The Hall–Kier alpha value is -1.69. The number of rotatable bonds is 4. The van der Waals surface area contributed by atoms with Gasteiger partial charge in [0.15, 0.2) is 0 Å². The maximum absolute atomic E-state index is 13.3. The van der Waals surface area contributed by atoms with Gasteiger partial charge in [0.2, 0.25) is 0 Å². The molecule has 6 heteroatoms. The zero-order valence-corrected chi connectivity index (χ0v) is 12.2. The second-order valence-corrected chi connectivity index (χ2v) is 4.85. The minimum absolute atomic E-state index is 0.0242. The summed E-state index contributed by atoms with van der Waals surface area (Å²) < 4.78 is 36.7. The molecular weight excluding hydrogens is 280 g/mol. The van der Waals surface area contributed by atoms with Crippen LogP contribution in [0.1, 0.15) is 34.8 Å². The fourth-order valence-corrected chi connectivity index (χ4v) is 2.45. The maximum Gasteiger partial charge on any atom is 0.338 e. The molecule has 1 aromatic rings. The summed E-state index contributed by atoms with van der Waals surface area (Å²) in [6.07, 6.45) is -2.72. The van der Waals surface area contributed by atoms with Crippen LogP contribution in [-0.4, -0.2) is 38.9 Å². The number of aryl methyl sites for hydroxylation is 1. The molecule has 116 valence electrons. The van der Waals surface area contributed by atoms with Gasteiger partial charge in [-0.1, -0.05) is 0 Å². The summed E-state index contributed by atoms with van der Waals surface area (Å²) in [7, 11) is 0. The smallest absolute Gasteiger partial charge is 0.338 e. The molecule has 1 aliphatic rings. The van der Waals surface area contributed by atoms with E-state index in [1.807, 2.05) is 4.90 Å². The van der Waals surface area contributed by atoms with Crippen LogP contribution in [0.15, 0.2) is 12.1 Å². The fourth-order valence-electron chi connectivity index (χ4n) is 2.45. The number of halogens is 2. The van der Waals surface area contributed by atoms with E-state index in [0.29, 0.717) is 37.6 Å². The third kappa shape index (κ3) is 3.50. The zero-order chi connectivity index (χ0) is 15.4. The Bertz CT molecular complexity index is 514. The number of hydrogen-bond acceptors (Lipinski definition) is 4. The van der Waals surface area contributed by atoms with E-state index in [-0.39, 0.29) is 17.7 Å². The number of anilines is 1. The first kappa shape index (κ1) is 15.7. The second-order valence-electron chi connectivity index (χ2n) is 4.85. The highest BCUT2D eigenvalue weighted by Crippen LogP contribution is 2.31. The van der Waals surface area contributed by atoms with Crippen LogP contribution in [0, 0.1) is 6.92 Å². The van der Waals surface area contributed by atoms with Crippen LogP contribution in [0.5, 0.6) is 0 Å². The first-order valence-corrected chi connectivity index (χ1v) is 6.97. The highest BCUT2D eigenvalue weighted by atomic mass is 19.3. The SMILES string of the molecule is CCOC(=O)c1c(C)cc(N2CCOCC2)cc1C(F)F. The minimum Gasteiger partial charge on any atom is -0.462 e. The number of benzene rings is 1. The molecule has 4 nitrogen and oxygen atoms in total. The number of carbonyl (C=O) groups is 1. The molecule has 0 bridgehead atoms. The highest BCUT2D eigenvalue weighted by molar-refractivity contribution is 5.93. The number of alkyl halides is 2. The summed E-state index contributed by atoms with van der Waals surface area (Å²) >= 11 is 0. The summed E-state index contributed by atoms with van der Waals surface area (Å²) in [5.41, 5.74) is 0.908. The summed E-state index contributed by atoms with van der Waals surface area (Å²) in [5.74, 6) is -0.696. The van der Waals surface area contributed by atoms with Crippen molar-refractivity contribution < 1.29 is 23.0 Å². The molecule has 0 radical (unpaired) electrons. The number of hydrogen-bond donors (Lipinski definition) is 0. The Balaban J connectivity index is 2.41. The Labute approximate surface area is 122 Å². The Kier molecular flexibility index (Phi) is 5.12. The summed E-state index contributed by atoms with van der Waals surface area (Å²) in [4.78, 5) is 13.9. The standard InChI is InChI=1S/C15H19F2NO3/c1-3-21-15(19)13-10(2)8-11(9-12(13)14(16)17)18-4-6-20-7-5-18/h8-9,14H,3-7H2,1-2H3. The highest BCUT2D eigenvalue weighted by Gasteiger charge is 2.24. The van der Waals surface area contributed by atoms with Gasteiger partial charge in [-0.05, 0) is 31.5 Å². The van der Waals surface area contributed by atoms with E-state index >= 15 is 0 Å². The van der Waals surface area contributed by atoms with E-state index in [2.05, 4.69) is 0 Å². The number of esters is 1. The Morgan fingerprint density at radius 2 is 2.05 bits per heavy atom. The predicted molar refractivity (Wildman–Crippen MR) is 75.1 cm³/mol. The van der Waals surface area contributed by atoms with Crippen LogP contribution in [0.3, 0.4) is 0 Å². The van der Waals surface area contributed by atoms with Gasteiger partial charge < -0.3 is 14.4 Å². The molecular formula is C15H19F2NO3. The molecule has 0 aromatic heterocycles. The lowest BCUT2D eigenvalue weighted by Gasteiger charge is -2.30. The molecule has 1 aromatic carbocycles. The summed E-state index contributed by atoms with van der Waals surface area (Å²) in [6, 6.07) is 3.14. The lowest BCUT2D eigenvalue weighted by molar-refractivity contribution is 0.0514. The van der Waals surface area contributed by atoms with Crippen molar-refractivity contribution >= 4 is 11.7 Å². The van der Waals surface area contributed by atoms with Gasteiger partial charge >= 0.3 is 5.97 Å². The number of carbonyl (C=O) groups excluding carboxylic acids is 1. The van der Waals surface area contributed by atoms with Crippen LogP contribution in [-0.2, 0) is 9.47 Å². The first-order chi connectivity index (χ1) is 10.0. The predicted octanol–water partition coefficient (Wildman–Crippen LogP) is 2.95. The summed E-state index contributed by atoms with van der Waals surface area (Å²) in [6.45, 7) is 5.92. The van der Waals surface area contributed by atoms with Crippen molar-refractivity contribution in [3.8, 4) is 0 Å². The zero-order valence-electron chi connectivity index (χ0n) is 12.2. The van der Waals surface area contributed by atoms with Crippen molar-refractivity contribution in [2.75, 3.05) is 37.8 Å². The molecule has 0 saturated carbocycles. The second kappa shape index (κ2) is 6.85. The van der Waals surface area contributed by atoms with Crippen molar-refractivity contribution in [2.45, 2.75) is 20.3 Å². The molecule has 0 aliphatic carbocycles. The van der Waals surface area contributed by atoms with Crippen LogP contribution in [0.4, 0.5) is 14.5 Å². The molecule has 2 rings (SSSR count). The van der Waals surface area contributed by atoms with E-state index in [9.17, 15) is 13.6 Å². The quantitative estimate of drug-likeness (QED) is 0.801. The van der Waals surface area contributed by atoms with E-state index in [0.717, 1.165) is 0 Å². The number of morpholine rings is 1. The van der Waals surface area contributed by atoms with Crippen molar-refractivity contribution in [3.05, 3.63) is 28.8 Å². The van der Waals surface area contributed by atoms with Crippen molar-refractivity contribution in [3.63, 3.8) is 0 Å². The molecule has 0 atom stereocenters. The first-order valence-electron chi connectivity index (χ1n) is 6.97. The molecule has 1 aliphatic heterocycles. The molecule has 0 unspecified atom stereocenters. The molecule has 21 heavy (non-hydrogen) atoms. The van der Waals surface area contributed by atoms with E-state index in [1.165, 1.54) is 6.07 Å². The lowest BCUT2D eigenvalue weighted by Crippen LogP contribution is -2.36. The van der Waals surface area contributed by atoms with Crippen molar-refractivity contribution in [1.29, 1.82) is 0 Å². The van der Waals surface area contributed by atoms with E-state index in [4.69, 9.17) is 9.47 Å². The van der Waals surface area contributed by atoms with E-state index < -0.39 is 12.4 Å². The molecule has 0 amide bonds. The van der Waals surface area contributed by atoms with Gasteiger partial charge in [0.1, 0.15) is 0 Å². The van der Waals surface area contributed by atoms with Crippen molar-refractivity contribution in [2.24, 2.45) is 0 Å². The largest absolute Gasteiger partial charge is 0.462 e. The van der Waals surface area contributed by atoms with Crippen LogP contribution in [0.25, 0.3) is 0 Å². The van der Waals surface area contributed by atoms with E-state index in [1.54, 1.807) is 19.9 Å². The molecule has 1 fully saturated rings. The average Bonchev–Trinajstić information content (AvgIpc) is 2.47. The minimum atomic E-state index is -2.72. The van der Waals surface area contributed by atoms with Gasteiger partial charge in [0.05, 0.1) is 25.4 Å².